The molecule has 104 valence electrons. The van der Waals surface area contributed by atoms with Crippen molar-refractivity contribution in [2.24, 2.45) is 5.73 Å². The monoisotopic (exact) mass is 287 g/mol. The molecular weight excluding hydrogens is 270 g/mol. The normalized spacial score (nSPS) is 11.8. The van der Waals surface area contributed by atoms with Gasteiger partial charge in [0.05, 0.1) is 5.75 Å². The van der Waals surface area contributed by atoms with Crippen molar-refractivity contribution >= 4 is 23.4 Å². The summed E-state index contributed by atoms with van der Waals surface area (Å²) in [4.78, 5) is 15.9. The van der Waals surface area contributed by atoms with Gasteiger partial charge in [0, 0.05) is 29.0 Å². The summed E-state index contributed by atoms with van der Waals surface area (Å²) in [5, 5.41) is 3.45. The average Bonchev–Trinajstić information content (AvgIpc) is 2.47. The van der Waals surface area contributed by atoms with E-state index in [1.165, 1.54) is 11.8 Å². The second kappa shape index (κ2) is 6.96. The molecule has 0 radical (unpaired) electrons. The molecule has 1 unspecified atom stereocenters. The molecule has 2 aromatic rings. The molecule has 5 heteroatoms. The highest BCUT2D eigenvalue weighted by Crippen LogP contribution is 2.29. The number of pyridine rings is 1. The summed E-state index contributed by atoms with van der Waals surface area (Å²) in [6.45, 7) is 2.09. The number of anilines is 1. The van der Waals surface area contributed by atoms with E-state index in [-0.39, 0.29) is 17.7 Å². The van der Waals surface area contributed by atoms with Crippen molar-refractivity contribution in [1.29, 1.82) is 0 Å². The zero-order valence-electron chi connectivity index (χ0n) is 11.2. The first-order chi connectivity index (χ1) is 9.66. The number of hydrogen-bond donors (Lipinski definition) is 2. The number of carbonyl (C=O) groups excluding carboxylic acids is 1. The Hall–Kier alpha value is -2.01. The minimum atomic E-state index is -0.313. The molecular formula is C15H17N3OS. The summed E-state index contributed by atoms with van der Waals surface area (Å²) in [6, 6.07) is 12.0. The summed E-state index contributed by atoms with van der Waals surface area (Å²) in [6.07, 6.45) is 3.56. The van der Waals surface area contributed by atoms with E-state index in [0.717, 1.165) is 16.1 Å². The highest BCUT2D eigenvalue weighted by Gasteiger charge is 2.09. The molecule has 0 fully saturated rings. The molecule has 3 N–H and O–H groups in total. The van der Waals surface area contributed by atoms with Crippen LogP contribution in [0, 0.1) is 0 Å². The lowest BCUT2D eigenvalue weighted by atomic mass is 10.1. The third-order valence-corrected chi connectivity index (χ3v) is 3.93. The fourth-order valence-electron chi connectivity index (χ4n) is 1.83. The third kappa shape index (κ3) is 3.99. The molecule has 1 aromatic heterocycles. The molecule has 0 saturated carbocycles. The zero-order valence-corrected chi connectivity index (χ0v) is 12.1. The van der Waals surface area contributed by atoms with E-state index < -0.39 is 0 Å². The summed E-state index contributed by atoms with van der Waals surface area (Å²) in [5.74, 6) is -0.0329. The van der Waals surface area contributed by atoms with Gasteiger partial charge in [0.25, 0.3) is 0 Å². The second-order valence-corrected chi connectivity index (χ2v) is 5.41. The van der Waals surface area contributed by atoms with Crippen molar-refractivity contribution in [3.05, 3.63) is 54.4 Å². The van der Waals surface area contributed by atoms with Gasteiger partial charge in [-0.1, -0.05) is 12.1 Å². The van der Waals surface area contributed by atoms with Crippen LogP contribution in [0.2, 0.25) is 0 Å². The Balaban J connectivity index is 2.10. The Morgan fingerprint density at radius 2 is 2.00 bits per heavy atom. The van der Waals surface area contributed by atoms with Crippen molar-refractivity contribution in [1.82, 2.24) is 4.98 Å². The van der Waals surface area contributed by atoms with Gasteiger partial charge >= 0.3 is 0 Å². The summed E-state index contributed by atoms with van der Waals surface area (Å²) in [7, 11) is 0. The van der Waals surface area contributed by atoms with E-state index in [1.807, 2.05) is 36.4 Å². The standard InChI is InChI=1S/C15H17N3OS/c1-11(12-6-8-17-9-7-12)18-13-4-2-3-5-14(13)20-10-15(16)19/h2-9,11,18H,10H2,1H3,(H2,16,19). The van der Waals surface area contributed by atoms with E-state index in [1.54, 1.807) is 12.4 Å². The number of hydrogen-bond acceptors (Lipinski definition) is 4. The van der Waals surface area contributed by atoms with Crippen LogP contribution in [0.4, 0.5) is 5.69 Å². The van der Waals surface area contributed by atoms with E-state index in [4.69, 9.17) is 5.73 Å². The average molecular weight is 287 g/mol. The molecule has 0 aliphatic carbocycles. The molecule has 0 aliphatic rings. The number of para-hydroxylation sites is 1. The number of rotatable bonds is 6. The Bertz CT molecular complexity index is 574. The SMILES string of the molecule is CC(Nc1ccccc1SCC(N)=O)c1ccncc1. The Kier molecular flexibility index (Phi) is 5.01. The van der Waals surface area contributed by atoms with Crippen LogP contribution >= 0.6 is 11.8 Å². The lowest BCUT2D eigenvalue weighted by molar-refractivity contribution is -0.115. The van der Waals surface area contributed by atoms with Gasteiger partial charge in [-0.2, -0.15) is 0 Å². The molecule has 1 aromatic carbocycles. The van der Waals surface area contributed by atoms with Crippen LogP contribution in [0.15, 0.2) is 53.7 Å². The molecule has 0 bridgehead atoms. The van der Waals surface area contributed by atoms with Crippen molar-refractivity contribution in [3.8, 4) is 0 Å². The van der Waals surface area contributed by atoms with Gasteiger partial charge < -0.3 is 11.1 Å². The summed E-state index contributed by atoms with van der Waals surface area (Å²) >= 11 is 1.44. The quantitative estimate of drug-likeness (QED) is 0.802. The van der Waals surface area contributed by atoms with Gasteiger partial charge in [-0.15, -0.1) is 11.8 Å². The molecule has 1 atom stereocenters. The number of amides is 1. The van der Waals surface area contributed by atoms with Gasteiger partial charge in [-0.05, 0) is 36.8 Å². The summed E-state index contributed by atoms with van der Waals surface area (Å²) in [5.41, 5.74) is 7.36. The van der Waals surface area contributed by atoms with Crippen LogP contribution in [0.1, 0.15) is 18.5 Å². The first-order valence-corrected chi connectivity index (χ1v) is 7.32. The minimum absolute atomic E-state index is 0.160. The minimum Gasteiger partial charge on any atom is -0.378 e. The van der Waals surface area contributed by atoms with Gasteiger partial charge in [-0.25, -0.2) is 0 Å². The third-order valence-electron chi connectivity index (χ3n) is 2.84. The van der Waals surface area contributed by atoms with Crippen molar-refractivity contribution in [3.63, 3.8) is 0 Å². The maximum Gasteiger partial charge on any atom is 0.227 e. The molecule has 4 nitrogen and oxygen atoms in total. The van der Waals surface area contributed by atoms with E-state index in [2.05, 4.69) is 17.2 Å². The van der Waals surface area contributed by atoms with Gasteiger partial charge in [0.15, 0.2) is 0 Å². The molecule has 0 saturated heterocycles. The number of primary amides is 1. The number of nitrogens with zero attached hydrogens (tertiary/aromatic N) is 1. The van der Waals surface area contributed by atoms with E-state index >= 15 is 0 Å². The van der Waals surface area contributed by atoms with Gasteiger partial charge in [0.2, 0.25) is 5.91 Å². The Morgan fingerprint density at radius 3 is 2.70 bits per heavy atom. The van der Waals surface area contributed by atoms with Crippen LogP contribution in [-0.4, -0.2) is 16.6 Å². The van der Waals surface area contributed by atoms with Crippen molar-refractivity contribution in [2.75, 3.05) is 11.1 Å². The van der Waals surface area contributed by atoms with Crippen LogP contribution in [0.3, 0.4) is 0 Å². The lowest BCUT2D eigenvalue weighted by Crippen LogP contribution is -2.13. The number of carbonyl (C=O) groups is 1. The smallest absolute Gasteiger partial charge is 0.227 e. The highest BCUT2D eigenvalue weighted by atomic mass is 32.2. The molecule has 0 spiro atoms. The molecule has 1 heterocycles. The first kappa shape index (κ1) is 14.4. The van der Waals surface area contributed by atoms with Crippen LogP contribution in [0.25, 0.3) is 0 Å². The topological polar surface area (TPSA) is 68.0 Å². The molecule has 20 heavy (non-hydrogen) atoms. The first-order valence-electron chi connectivity index (χ1n) is 6.33. The number of aromatic nitrogens is 1. The Morgan fingerprint density at radius 1 is 1.30 bits per heavy atom. The van der Waals surface area contributed by atoms with Crippen LogP contribution < -0.4 is 11.1 Å². The predicted octanol–water partition coefficient (Wildman–Crippen LogP) is 2.83. The largest absolute Gasteiger partial charge is 0.378 e. The van der Waals surface area contributed by atoms with Crippen molar-refractivity contribution < 1.29 is 4.79 Å². The fraction of sp³-hybridized carbons (Fsp3) is 0.200. The van der Waals surface area contributed by atoms with Crippen molar-refractivity contribution in [2.45, 2.75) is 17.9 Å². The number of nitrogens with two attached hydrogens (primary N) is 1. The number of benzene rings is 1. The second-order valence-electron chi connectivity index (χ2n) is 4.40. The zero-order chi connectivity index (χ0) is 14.4. The van der Waals surface area contributed by atoms with Crippen LogP contribution in [-0.2, 0) is 4.79 Å². The fourth-order valence-corrected chi connectivity index (χ4v) is 2.58. The molecule has 1 amide bonds. The lowest BCUT2D eigenvalue weighted by Gasteiger charge is -2.18. The van der Waals surface area contributed by atoms with E-state index in [0.29, 0.717) is 0 Å². The highest BCUT2D eigenvalue weighted by molar-refractivity contribution is 8.00. The molecule has 2 rings (SSSR count). The maximum absolute atomic E-state index is 10.9. The van der Waals surface area contributed by atoms with E-state index in [9.17, 15) is 4.79 Å². The maximum atomic E-state index is 10.9. The summed E-state index contributed by atoms with van der Waals surface area (Å²) < 4.78 is 0. The number of thioether (sulfide) groups is 1. The van der Waals surface area contributed by atoms with Gasteiger partial charge in [0.1, 0.15) is 0 Å². The molecule has 0 aliphatic heterocycles. The Labute approximate surface area is 122 Å². The predicted molar refractivity (Wildman–Crippen MR) is 82.6 cm³/mol. The van der Waals surface area contributed by atoms with Crippen LogP contribution in [0.5, 0.6) is 0 Å². The number of nitrogens with one attached hydrogen (secondary N) is 1. The van der Waals surface area contributed by atoms with Gasteiger partial charge in [-0.3, -0.25) is 9.78 Å².